The highest BCUT2D eigenvalue weighted by Crippen LogP contribution is 2.31. The first-order valence-electron chi connectivity index (χ1n) is 5.15. The molecule has 1 aliphatic rings. The maximum Gasteiger partial charge on any atom is 0.202 e. The van der Waals surface area contributed by atoms with Crippen molar-refractivity contribution in [2.45, 2.75) is 32.7 Å². The number of hydrogen-bond acceptors (Lipinski definition) is 2. The smallest absolute Gasteiger partial charge is 0.202 e. The van der Waals surface area contributed by atoms with Gasteiger partial charge in [0, 0.05) is 25.5 Å². The van der Waals surface area contributed by atoms with Crippen molar-refractivity contribution in [1.82, 2.24) is 9.55 Å². The Kier molecular flexibility index (Phi) is 2.52. The first-order valence-corrected chi connectivity index (χ1v) is 5.15. The summed E-state index contributed by atoms with van der Waals surface area (Å²) in [5.74, 6) is 2.01. The van der Waals surface area contributed by atoms with Crippen LogP contribution in [0, 0.1) is 5.92 Å². The molecule has 1 saturated carbocycles. The molecule has 2 rings (SSSR count). The summed E-state index contributed by atoms with van der Waals surface area (Å²) in [6, 6.07) is 0. The molecule has 0 amide bonds. The van der Waals surface area contributed by atoms with Crippen molar-refractivity contribution in [2.75, 3.05) is 11.9 Å². The van der Waals surface area contributed by atoms with Crippen LogP contribution >= 0.6 is 0 Å². The van der Waals surface area contributed by atoms with Crippen molar-refractivity contribution < 1.29 is 0 Å². The van der Waals surface area contributed by atoms with E-state index in [-0.39, 0.29) is 0 Å². The Morgan fingerprint density at radius 1 is 1.62 bits per heavy atom. The van der Waals surface area contributed by atoms with Crippen LogP contribution in [0.1, 0.15) is 26.2 Å². The van der Waals surface area contributed by atoms with Gasteiger partial charge in [0.2, 0.25) is 5.95 Å². The molecule has 1 N–H and O–H groups in total. The molecule has 1 aliphatic carbocycles. The second-order valence-corrected chi connectivity index (χ2v) is 3.70. The number of anilines is 1. The number of nitrogens with zero attached hydrogens (tertiary/aromatic N) is 2. The number of aromatic nitrogens is 2. The summed E-state index contributed by atoms with van der Waals surface area (Å²) in [5.41, 5.74) is 0. The Labute approximate surface area is 79.2 Å². The third kappa shape index (κ3) is 2.23. The lowest BCUT2D eigenvalue weighted by Gasteiger charge is -2.06. The van der Waals surface area contributed by atoms with Gasteiger partial charge in [0.15, 0.2) is 0 Å². The van der Waals surface area contributed by atoms with Crippen molar-refractivity contribution >= 4 is 5.95 Å². The van der Waals surface area contributed by atoms with E-state index in [9.17, 15) is 0 Å². The van der Waals surface area contributed by atoms with Crippen molar-refractivity contribution in [1.29, 1.82) is 0 Å². The SMILES string of the molecule is CCn1ccnc1NCCC1CC1. The summed E-state index contributed by atoms with van der Waals surface area (Å²) < 4.78 is 2.13. The van der Waals surface area contributed by atoms with Crippen LogP contribution in [0.4, 0.5) is 5.95 Å². The molecule has 1 fully saturated rings. The fourth-order valence-corrected chi connectivity index (χ4v) is 1.53. The average molecular weight is 179 g/mol. The van der Waals surface area contributed by atoms with Crippen LogP contribution in [0.2, 0.25) is 0 Å². The topological polar surface area (TPSA) is 29.9 Å². The van der Waals surface area contributed by atoms with Gasteiger partial charge in [0.25, 0.3) is 0 Å². The lowest BCUT2D eigenvalue weighted by Crippen LogP contribution is -2.08. The first-order chi connectivity index (χ1) is 6.40. The summed E-state index contributed by atoms with van der Waals surface area (Å²) >= 11 is 0. The normalized spacial score (nSPS) is 16.1. The number of imidazole rings is 1. The molecule has 0 atom stereocenters. The molecule has 0 aliphatic heterocycles. The number of aryl methyl sites for hydroxylation is 1. The highest BCUT2D eigenvalue weighted by Gasteiger charge is 2.20. The predicted octanol–water partition coefficient (Wildman–Crippen LogP) is 2.11. The Hall–Kier alpha value is -0.990. The minimum Gasteiger partial charge on any atom is -0.356 e. The van der Waals surface area contributed by atoms with Gasteiger partial charge in [-0.3, -0.25) is 0 Å². The van der Waals surface area contributed by atoms with Crippen LogP contribution in [-0.4, -0.2) is 16.1 Å². The second kappa shape index (κ2) is 3.81. The second-order valence-electron chi connectivity index (χ2n) is 3.70. The van der Waals surface area contributed by atoms with E-state index in [1.54, 1.807) is 0 Å². The van der Waals surface area contributed by atoms with Crippen LogP contribution in [0.15, 0.2) is 12.4 Å². The maximum atomic E-state index is 4.26. The van der Waals surface area contributed by atoms with E-state index in [2.05, 4.69) is 21.8 Å². The molecule has 72 valence electrons. The molecule has 0 spiro atoms. The van der Waals surface area contributed by atoms with E-state index in [4.69, 9.17) is 0 Å². The zero-order valence-corrected chi connectivity index (χ0v) is 8.16. The van der Waals surface area contributed by atoms with Crippen molar-refractivity contribution in [3.8, 4) is 0 Å². The highest BCUT2D eigenvalue weighted by molar-refractivity contribution is 5.25. The van der Waals surface area contributed by atoms with E-state index >= 15 is 0 Å². The first kappa shape index (κ1) is 8.60. The molecule has 0 bridgehead atoms. The van der Waals surface area contributed by atoms with Gasteiger partial charge in [0.1, 0.15) is 0 Å². The van der Waals surface area contributed by atoms with Crippen LogP contribution < -0.4 is 5.32 Å². The minimum absolute atomic E-state index is 0.992. The van der Waals surface area contributed by atoms with E-state index in [0.29, 0.717) is 0 Å². The van der Waals surface area contributed by atoms with Crippen molar-refractivity contribution in [3.05, 3.63) is 12.4 Å². The van der Waals surface area contributed by atoms with Crippen molar-refractivity contribution in [3.63, 3.8) is 0 Å². The van der Waals surface area contributed by atoms with Crippen molar-refractivity contribution in [2.24, 2.45) is 5.92 Å². The Morgan fingerprint density at radius 3 is 3.15 bits per heavy atom. The van der Waals surface area contributed by atoms with Crippen LogP contribution in [0.3, 0.4) is 0 Å². The lowest BCUT2D eigenvalue weighted by atomic mass is 10.3. The summed E-state index contributed by atoms with van der Waals surface area (Å²) in [6.45, 7) is 4.20. The molecule has 0 aromatic carbocycles. The monoisotopic (exact) mass is 179 g/mol. The highest BCUT2D eigenvalue weighted by atomic mass is 15.2. The zero-order chi connectivity index (χ0) is 9.10. The molecule has 0 saturated heterocycles. The Balaban J connectivity index is 1.78. The fourth-order valence-electron chi connectivity index (χ4n) is 1.53. The standard InChI is InChI=1S/C10H17N3/c1-2-13-8-7-12-10(13)11-6-5-9-3-4-9/h7-9H,2-6H2,1H3,(H,11,12). The van der Waals surface area contributed by atoms with Gasteiger partial charge >= 0.3 is 0 Å². The van der Waals surface area contributed by atoms with Gasteiger partial charge in [0.05, 0.1) is 0 Å². The van der Waals surface area contributed by atoms with Crippen LogP contribution in [0.25, 0.3) is 0 Å². The van der Waals surface area contributed by atoms with Crippen LogP contribution in [-0.2, 0) is 6.54 Å². The lowest BCUT2D eigenvalue weighted by molar-refractivity contribution is 0.728. The molecule has 1 aromatic rings. The molecule has 13 heavy (non-hydrogen) atoms. The quantitative estimate of drug-likeness (QED) is 0.750. The van der Waals surface area contributed by atoms with Gasteiger partial charge in [-0.15, -0.1) is 0 Å². The zero-order valence-electron chi connectivity index (χ0n) is 8.16. The minimum atomic E-state index is 0.992. The van der Waals surface area contributed by atoms with E-state index in [1.807, 2.05) is 12.4 Å². The van der Waals surface area contributed by atoms with Gasteiger partial charge in [-0.05, 0) is 19.3 Å². The average Bonchev–Trinajstić information content (AvgIpc) is 2.84. The largest absolute Gasteiger partial charge is 0.356 e. The van der Waals surface area contributed by atoms with E-state index in [0.717, 1.165) is 25.0 Å². The van der Waals surface area contributed by atoms with Gasteiger partial charge in [-0.25, -0.2) is 4.98 Å². The van der Waals surface area contributed by atoms with E-state index < -0.39 is 0 Å². The molecule has 0 radical (unpaired) electrons. The van der Waals surface area contributed by atoms with E-state index in [1.165, 1.54) is 19.3 Å². The third-order valence-electron chi connectivity index (χ3n) is 2.59. The molecule has 3 nitrogen and oxygen atoms in total. The molecular formula is C10H17N3. The van der Waals surface area contributed by atoms with Crippen LogP contribution in [0.5, 0.6) is 0 Å². The van der Waals surface area contributed by atoms with Gasteiger partial charge in [-0.1, -0.05) is 12.8 Å². The van der Waals surface area contributed by atoms with Gasteiger partial charge < -0.3 is 9.88 Å². The summed E-state index contributed by atoms with van der Waals surface area (Å²) in [4.78, 5) is 4.26. The molecule has 3 heteroatoms. The summed E-state index contributed by atoms with van der Waals surface area (Å²) in [5, 5.41) is 3.37. The Bertz CT molecular complexity index is 263. The number of hydrogen-bond donors (Lipinski definition) is 1. The Morgan fingerprint density at radius 2 is 2.46 bits per heavy atom. The molecule has 1 aromatic heterocycles. The third-order valence-corrected chi connectivity index (χ3v) is 2.59. The number of rotatable bonds is 5. The molecule has 0 unspecified atom stereocenters. The summed E-state index contributed by atoms with van der Waals surface area (Å²) in [6.07, 6.45) is 8.03. The predicted molar refractivity (Wildman–Crippen MR) is 53.7 cm³/mol. The number of nitrogens with one attached hydrogen (secondary N) is 1. The summed E-state index contributed by atoms with van der Waals surface area (Å²) in [7, 11) is 0. The fraction of sp³-hybridized carbons (Fsp3) is 0.700. The molecule has 1 heterocycles. The maximum absolute atomic E-state index is 4.26. The van der Waals surface area contributed by atoms with Gasteiger partial charge in [-0.2, -0.15) is 0 Å². The molecular weight excluding hydrogens is 162 g/mol.